The van der Waals surface area contributed by atoms with Crippen LogP contribution in [0, 0.1) is 6.92 Å². The maximum atomic E-state index is 12.5. The lowest BCUT2D eigenvalue weighted by Crippen LogP contribution is -2.12. The molecule has 2 heterocycles. The van der Waals surface area contributed by atoms with Gasteiger partial charge in [-0.2, -0.15) is 0 Å². The van der Waals surface area contributed by atoms with E-state index in [0.29, 0.717) is 21.9 Å². The Morgan fingerprint density at radius 2 is 1.96 bits per heavy atom. The molecule has 0 saturated heterocycles. The highest BCUT2D eigenvalue weighted by atomic mass is 32.1. The molecule has 6 heteroatoms. The van der Waals surface area contributed by atoms with Gasteiger partial charge in [0, 0.05) is 11.6 Å². The Labute approximate surface area is 136 Å². The standard InChI is InChI=1S/C17H13NO4S/c1-11-9-12(18-22-11)10-21-17(20)14-6-3-2-5-13(14)16(19)15-7-4-8-23-15/h2-9H,10H2,1H3. The van der Waals surface area contributed by atoms with Gasteiger partial charge in [0.2, 0.25) is 5.78 Å². The number of nitrogens with zero attached hydrogens (tertiary/aromatic N) is 1. The van der Waals surface area contributed by atoms with E-state index in [1.54, 1.807) is 49.4 Å². The lowest BCUT2D eigenvalue weighted by molar-refractivity contribution is 0.0461. The van der Waals surface area contributed by atoms with Crippen molar-refractivity contribution < 1.29 is 18.8 Å². The molecule has 0 atom stereocenters. The van der Waals surface area contributed by atoms with Gasteiger partial charge in [-0.05, 0) is 24.4 Å². The molecule has 0 aliphatic rings. The van der Waals surface area contributed by atoms with Crippen LogP contribution in [-0.4, -0.2) is 16.9 Å². The molecule has 23 heavy (non-hydrogen) atoms. The summed E-state index contributed by atoms with van der Waals surface area (Å²) in [5.74, 6) is -0.111. The van der Waals surface area contributed by atoms with Gasteiger partial charge in [0.1, 0.15) is 18.1 Å². The van der Waals surface area contributed by atoms with E-state index in [4.69, 9.17) is 9.26 Å². The van der Waals surface area contributed by atoms with Gasteiger partial charge in [0.15, 0.2) is 0 Å². The van der Waals surface area contributed by atoms with E-state index in [-0.39, 0.29) is 18.0 Å². The van der Waals surface area contributed by atoms with Crippen LogP contribution >= 0.6 is 11.3 Å². The van der Waals surface area contributed by atoms with Gasteiger partial charge >= 0.3 is 5.97 Å². The fourth-order valence-corrected chi connectivity index (χ4v) is 2.78. The van der Waals surface area contributed by atoms with Crippen LogP contribution in [0.5, 0.6) is 0 Å². The average Bonchev–Trinajstić information content (AvgIpc) is 3.23. The lowest BCUT2D eigenvalue weighted by Gasteiger charge is -2.07. The predicted molar refractivity (Wildman–Crippen MR) is 84.6 cm³/mol. The van der Waals surface area contributed by atoms with Crippen LogP contribution in [0.3, 0.4) is 0 Å². The number of ketones is 1. The molecule has 3 aromatic rings. The molecule has 0 fully saturated rings. The minimum Gasteiger partial charge on any atom is -0.455 e. The van der Waals surface area contributed by atoms with Gasteiger partial charge in [-0.3, -0.25) is 4.79 Å². The predicted octanol–water partition coefficient (Wildman–Crippen LogP) is 3.63. The number of aromatic nitrogens is 1. The second-order valence-corrected chi connectivity index (χ2v) is 5.80. The van der Waals surface area contributed by atoms with Gasteiger partial charge in [-0.25, -0.2) is 4.79 Å². The van der Waals surface area contributed by atoms with Crippen molar-refractivity contribution in [3.63, 3.8) is 0 Å². The van der Waals surface area contributed by atoms with Crippen molar-refractivity contribution in [3.8, 4) is 0 Å². The Bertz CT molecular complexity index is 836. The molecular weight excluding hydrogens is 314 g/mol. The maximum absolute atomic E-state index is 12.5. The fourth-order valence-electron chi connectivity index (χ4n) is 2.10. The Morgan fingerprint density at radius 3 is 2.61 bits per heavy atom. The fraction of sp³-hybridized carbons (Fsp3) is 0.118. The maximum Gasteiger partial charge on any atom is 0.339 e. The van der Waals surface area contributed by atoms with Gasteiger partial charge in [-0.15, -0.1) is 11.3 Å². The van der Waals surface area contributed by atoms with Crippen molar-refractivity contribution in [2.45, 2.75) is 13.5 Å². The van der Waals surface area contributed by atoms with Gasteiger partial charge in [0.05, 0.1) is 10.4 Å². The van der Waals surface area contributed by atoms with Crippen LogP contribution in [0.2, 0.25) is 0 Å². The molecular formula is C17H13NO4S. The molecule has 0 aliphatic heterocycles. The van der Waals surface area contributed by atoms with E-state index in [2.05, 4.69) is 5.16 Å². The third kappa shape index (κ3) is 3.37. The summed E-state index contributed by atoms with van der Waals surface area (Å²) >= 11 is 1.34. The number of hydrogen-bond acceptors (Lipinski definition) is 6. The van der Waals surface area contributed by atoms with E-state index in [1.165, 1.54) is 11.3 Å². The summed E-state index contributed by atoms with van der Waals surface area (Å²) in [6.45, 7) is 1.75. The summed E-state index contributed by atoms with van der Waals surface area (Å²) in [6, 6.07) is 11.8. The molecule has 0 aliphatic carbocycles. The SMILES string of the molecule is Cc1cc(COC(=O)c2ccccc2C(=O)c2cccs2)no1. The minimum atomic E-state index is -0.564. The molecule has 2 aromatic heterocycles. The monoisotopic (exact) mass is 327 g/mol. The Kier molecular flexibility index (Phi) is 4.34. The summed E-state index contributed by atoms with van der Waals surface area (Å²) < 4.78 is 10.1. The first-order valence-corrected chi connectivity index (χ1v) is 7.79. The first-order valence-electron chi connectivity index (χ1n) is 6.91. The van der Waals surface area contributed by atoms with Gasteiger partial charge in [0.25, 0.3) is 0 Å². The van der Waals surface area contributed by atoms with Crippen LogP contribution in [-0.2, 0) is 11.3 Å². The molecule has 0 unspecified atom stereocenters. The van der Waals surface area contributed by atoms with Gasteiger partial charge < -0.3 is 9.26 Å². The second-order valence-electron chi connectivity index (χ2n) is 4.86. The average molecular weight is 327 g/mol. The summed E-state index contributed by atoms with van der Waals surface area (Å²) in [6.07, 6.45) is 0. The quantitative estimate of drug-likeness (QED) is 0.528. The van der Waals surface area contributed by atoms with Crippen molar-refractivity contribution in [3.05, 3.63) is 75.3 Å². The number of thiophene rings is 1. The topological polar surface area (TPSA) is 69.4 Å². The number of carbonyl (C=O) groups excluding carboxylic acids is 2. The zero-order valence-corrected chi connectivity index (χ0v) is 13.1. The van der Waals surface area contributed by atoms with E-state index in [9.17, 15) is 9.59 Å². The van der Waals surface area contributed by atoms with Crippen LogP contribution in [0.1, 0.15) is 37.0 Å². The molecule has 116 valence electrons. The summed E-state index contributed by atoms with van der Waals surface area (Å²) in [7, 11) is 0. The highest BCUT2D eigenvalue weighted by Gasteiger charge is 2.20. The lowest BCUT2D eigenvalue weighted by atomic mass is 10.0. The number of benzene rings is 1. The molecule has 0 radical (unpaired) electrons. The highest BCUT2D eigenvalue weighted by Crippen LogP contribution is 2.19. The molecule has 0 amide bonds. The number of carbonyl (C=O) groups is 2. The third-order valence-corrected chi connectivity index (χ3v) is 4.03. The molecule has 0 bridgehead atoms. The number of aryl methyl sites for hydroxylation is 1. The smallest absolute Gasteiger partial charge is 0.339 e. The zero-order chi connectivity index (χ0) is 16.2. The molecule has 3 rings (SSSR count). The summed E-state index contributed by atoms with van der Waals surface area (Å²) in [4.78, 5) is 25.4. The Balaban J connectivity index is 1.79. The van der Waals surface area contributed by atoms with Crippen molar-refractivity contribution in [2.24, 2.45) is 0 Å². The summed E-state index contributed by atoms with van der Waals surface area (Å²) in [5.41, 5.74) is 1.10. The van der Waals surface area contributed by atoms with Gasteiger partial charge in [-0.1, -0.05) is 29.4 Å². The summed E-state index contributed by atoms with van der Waals surface area (Å²) in [5, 5.41) is 5.58. The first kappa shape index (κ1) is 15.2. The van der Waals surface area contributed by atoms with Crippen LogP contribution in [0.25, 0.3) is 0 Å². The largest absolute Gasteiger partial charge is 0.455 e. The Hall–Kier alpha value is -2.73. The van der Waals surface area contributed by atoms with Crippen LogP contribution < -0.4 is 0 Å². The van der Waals surface area contributed by atoms with E-state index in [0.717, 1.165) is 0 Å². The van der Waals surface area contributed by atoms with Crippen molar-refractivity contribution in [1.82, 2.24) is 5.16 Å². The highest BCUT2D eigenvalue weighted by molar-refractivity contribution is 7.12. The number of hydrogen-bond donors (Lipinski definition) is 0. The van der Waals surface area contributed by atoms with E-state index in [1.807, 2.05) is 5.38 Å². The van der Waals surface area contributed by atoms with Crippen LogP contribution in [0.4, 0.5) is 0 Å². The molecule has 1 aromatic carbocycles. The molecule has 0 N–H and O–H groups in total. The molecule has 0 spiro atoms. The van der Waals surface area contributed by atoms with E-state index < -0.39 is 5.97 Å². The zero-order valence-electron chi connectivity index (χ0n) is 12.3. The molecule has 5 nitrogen and oxygen atoms in total. The molecule has 0 saturated carbocycles. The first-order chi connectivity index (χ1) is 11.1. The number of ether oxygens (including phenoxy) is 1. The second kappa shape index (κ2) is 6.58. The normalized spacial score (nSPS) is 10.5. The van der Waals surface area contributed by atoms with E-state index >= 15 is 0 Å². The minimum absolute atomic E-state index is 0.00228. The number of rotatable bonds is 5. The van der Waals surface area contributed by atoms with Crippen molar-refractivity contribution >= 4 is 23.1 Å². The third-order valence-electron chi connectivity index (χ3n) is 3.16. The number of esters is 1. The Morgan fingerprint density at radius 1 is 1.17 bits per heavy atom. The van der Waals surface area contributed by atoms with Crippen molar-refractivity contribution in [2.75, 3.05) is 0 Å². The van der Waals surface area contributed by atoms with Crippen molar-refractivity contribution in [1.29, 1.82) is 0 Å². The van der Waals surface area contributed by atoms with Crippen LogP contribution in [0.15, 0.2) is 52.4 Å².